The lowest BCUT2D eigenvalue weighted by atomic mass is 10.1. The highest BCUT2D eigenvalue weighted by atomic mass is 32.2. The summed E-state index contributed by atoms with van der Waals surface area (Å²) in [6.45, 7) is 12.5. The zero-order chi connectivity index (χ0) is 49.4. The second-order valence-corrected chi connectivity index (χ2v) is 18.3. The van der Waals surface area contributed by atoms with Crippen LogP contribution >= 0.6 is 23.1 Å². The minimum Gasteiger partial charge on any atom is -0.491 e. The Labute approximate surface area is 406 Å². The summed E-state index contributed by atoms with van der Waals surface area (Å²) in [5.74, 6) is -1.29. The zero-order valence-electron chi connectivity index (χ0n) is 39.4. The fourth-order valence-electron chi connectivity index (χ4n) is 8.06. The Balaban J connectivity index is 1.18. The summed E-state index contributed by atoms with van der Waals surface area (Å²) in [6.07, 6.45) is 7.11. The first-order valence-electron chi connectivity index (χ1n) is 22.7. The number of hydrogen-bond donors (Lipinski definition) is 5. The summed E-state index contributed by atoms with van der Waals surface area (Å²) in [5, 5.41) is 11.1. The highest BCUT2D eigenvalue weighted by Crippen LogP contribution is 2.34. The molecule has 0 aliphatic carbocycles. The number of piperazine rings is 1. The van der Waals surface area contributed by atoms with Crippen LogP contribution in [0.25, 0.3) is 22.1 Å². The number of hydrogen-bond acceptors (Lipinski definition) is 15. The zero-order valence-corrected chi connectivity index (χ0v) is 41.0. The Hall–Kier alpha value is -6.82. The Morgan fingerprint density at radius 1 is 0.812 bits per heavy atom. The van der Waals surface area contributed by atoms with Gasteiger partial charge in [0.15, 0.2) is 0 Å². The van der Waals surface area contributed by atoms with E-state index in [1.807, 2.05) is 50.7 Å². The number of carbonyl (C=O) groups is 5. The second-order valence-electron chi connectivity index (χ2n) is 16.2. The number of nitrogens with zero attached hydrogens (tertiary/aromatic N) is 9. The molecule has 69 heavy (non-hydrogen) atoms. The number of carbonyl (C=O) groups excluding carboxylic acids is 5. The van der Waals surface area contributed by atoms with Crippen molar-refractivity contribution in [1.82, 2.24) is 43.7 Å². The summed E-state index contributed by atoms with van der Waals surface area (Å²) in [5.41, 5.74) is 21.3. The van der Waals surface area contributed by atoms with Gasteiger partial charge in [0.2, 0.25) is 23.7 Å². The van der Waals surface area contributed by atoms with Crippen molar-refractivity contribution < 1.29 is 33.4 Å². The number of thiazole rings is 1. The summed E-state index contributed by atoms with van der Waals surface area (Å²) in [7, 11) is 0. The third kappa shape index (κ3) is 11.6. The third-order valence-corrected chi connectivity index (χ3v) is 13.2. The van der Waals surface area contributed by atoms with Gasteiger partial charge in [0.25, 0.3) is 11.8 Å². The van der Waals surface area contributed by atoms with Gasteiger partial charge in [0, 0.05) is 68.4 Å². The van der Waals surface area contributed by atoms with Crippen molar-refractivity contribution in [2.75, 3.05) is 69.4 Å². The molecule has 1 aliphatic rings. The van der Waals surface area contributed by atoms with Crippen molar-refractivity contribution >= 4 is 86.8 Å². The number of rotatable bonds is 21. The summed E-state index contributed by atoms with van der Waals surface area (Å²) in [6, 6.07) is 8.15. The van der Waals surface area contributed by atoms with E-state index < -0.39 is 17.7 Å². The first kappa shape index (κ1) is 50.1. The van der Waals surface area contributed by atoms with Gasteiger partial charge in [0.05, 0.1) is 46.2 Å². The molecule has 0 saturated carbocycles. The molecule has 8 N–H and O–H groups in total. The molecule has 1 saturated heterocycles. The van der Waals surface area contributed by atoms with Gasteiger partial charge in [-0.15, -0.1) is 23.1 Å². The maximum Gasteiger partial charge on any atom is 0.409 e. The predicted octanol–water partition coefficient (Wildman–Crippen LogP) is 4.79. The average Bonchev–Trinajstić information content (AvgIpc) is 4.10. The lowest BCUT2D eigenvalue weighted by Gasteiger charge is -2.34. The van der Waals surface area contributed by atoms with Crippen molar-refractivity contribution in [2.45, 2.75) is 71.5 Å². The maximum atomic E-state index is 13.9. The number of benzene rings is 2. The van der Waals surface area contributed by atoms with Gasteiger partial charge in [-0.05, 0) is 83.2 Å². The van der Waals surface area contributed by atoms with Crippen LogP contribution in [0.2, 0.25) is 0 Å². The van der Waals surface area contributed by atoms with Crippen molar-refractivity contribution in [3.05, 3.63) is 80.6 Å². The minimum atomic E-state index is -0.675. The SMILES string of the molecule is CCc1nc(C)sc1C(=O)Nc1nc2cc(C(N)=O)cc(OCCCN3CCN(C(=O)OCCCN)CC3)c2n1C/C=C/Cn1c(NC(=O)c2cc(C)nn2CC)nc2cc(C(N)=O)cc(SC)c21. The number of nitrogens with one attached hydrogen (secondary N) is 2. The number of fused-ring (bicyclic) bond motifs is 2. The van der Waals surface area contributed by atoms with Gasteiger partial charge >= 0.3 is 6.09 Å². The van der Waals surface area contributed by atoms with E-state index in [1.165, 1.54) is 23.1 Å². The van der Waals surface area contributed by atoms with Gasteiger partial charge in [0.1, 0.15) is 21.8 Å². The molecule has 7 rings (SSSR count). The standard InChI is InChI=1S/C46H58N14O7S2/c1-6-31-39(69-28(4)50-31)43(64)54-45-51-32-23-29(40(48)61)25-35(66-21-11-13-56-16-18-57(19-17-56)46(65)67-20-10-12-47)37(32)58(45)14-8-9-15-59-38-33(24-30(41(49)62)26-36(38)68-5)52-44(59)53-42(63)34-22-27(3)55-60(34)7-2/h8-9,22-26H,6-7,10-21,47H2,1-5H3,(H2,48,61)(H2,49,62)(H,51,54,64)(H,52,53,63)/b9-8+. The predicted molar refractivity (Wildman–Crippen MR) is 265 cm³/mol. The number of imidazole rings is 2. The van der Waals surface area contributed by atoms with Crippen molar-refractivity contribution in [3.8, 4) is 5.75 Å². The van der Waals surface area contributed by atoms with Crippen LogP contribution in [0.4, 0.5) is 16.7 Å². The number of ether oxygens (including phenoxy) is 2. The molecule has 2 aromatic carbocycles. The van der Waals surface area contributed by atoms with Gasteiger partial charge in [-0.25, -0.2) is 19.7 Å². The van der Waals surface area contributed by atoms with E-state index in [2.05, 4.69) is 25.6 Å². The molecule has 1 fully saturated rings. The molecule has 0 spiro atoms. The molecule has 4 aromatic heterocycles. The van der Waals surface area contributed by atoms with E-state index in [0.717, 1.165) is 9.90 Å². The van der Waals surface area contributed by atoms with Crippen LogP contribution in [0.5, 0.6) is 5.75 Å². The molecular weight excluding hydrogens is 925 g/mol. The topological polar surface area (TPSA) is 279 Å². The number of aromatic nitrogens is 7. The van der Waals surface area contributed by atoms with Gasteiger partial charge in [-0.2, -0.15) is 5.10 Å². The van der Waals surface area contributed by atoms with E-state index in [1.54, 1.807) is 44.5 Å². The number of nitrogens with two attached hydrogens (primary N) is 3. The first-order valence-corrected chi connectivity index (χ1v) is 24.7. The molecule has 5 heterocycles. The Morgan fingerprint density at radius 3 is 2.07 bits per heavy atom. The number of aryl methyl sites for hydroxylation is 4. The number of primary amides is 2. The van der Waals surface area contributed by atoms with Crippen LogP contribution in [0.1, 0.15) is 84.0 Å². The van der Waals surface area contributed by atoms with Crippen molar-refractivity contribution in [3.63, 3.8) is 0 Å². The highest BCUT2D eigenvalue weighted by Gasteiger charge is 2.25. The lowest BCUT2D eigenvalue weighted by Crippen LogP contribution is -2.49. The summed E-state index contributed by atoms with van der Waals surface area (Å²) < 4.78 is 17.0. The monoisotopic (exact) mass is 982 g/mol. The van der Waals surface area contributed by atoms with Crippen LogP contribution in [0.3, 0.4) is 0 Å². The molecule has 0 bridgehead atoms. The number of allylic oxidation sites excluding steroid dienone is 2. The molecule has 5 amide bonds. The molecule has 1 aliphatic heterocycles. The number of thioether (sulfide) groups is 1. The molecule has 23 heteroatoms. The lowest BCUT2D eigenvalue weighted by molar-refractivity contribution is 0.0746. The van der Waals surface area contributed by atoms with E-state index in [0.29, 0.717) is 121 Å². The quantitative estimate of drug-likeness (QED) is 0.0369. The van der Waals surface area contributed by atoms with Gasteiger partial charge in [-0.1, -0.05) is 19.1 Å². The summed E-state index contributed by atoms with van der Waals surface area (Å²) >= 11 is 2.70. The Kier molecular flexibility index (Phi) is 16.3. The molecule has 0 unspecified atom stereocenters. The summed E-state index contributed by atoms with van der Waals surface area (Å²) in [4.78, 5) is 84.4. The molecule has 0 atom stereocenters. The third-order valence-electron chi connectivity index (χ3n) is 11.5. The highest BCUT2D eigenvalue weighted by molar-refractivity contribution is 7.98. The molecular formula is C46H58N14O7S2. The minimum absolute atomic E-state index is 0.171. The van der Waals surface area contributed by atoms with Crippen molar-refractivity contribution in [1.29, 1.82) is 0 Å². The molecule has 6 aromatic rings. The Morgan fingerprint density at radius 2 is 1.45 bits per heavy atom. The average molecular weight is 983 g/mol. The maximum absolute atomic E-state index is 13.9. The van der Waals surface area contributed by atoms with Crippen LogP contribution in [-0.2, 0) is 30.8 Å². The fourth-order valence-corrected chi connectivity index (χ4v) is 9.61. The molecule has 366 valence electrons. The van der Waals surface area contributed by atoms with E-state index in [-0.39, 0.29) is 54.7 Å². The van der Waals surface area contributed by atoms with Crippen molar-refractivity contribution in [2.24, 2.45) is 17.2 Å². The van der Waals surface area contributed by atoms with E-state index in [4.69, 9.17) is 36.6 Å². The van der Waals surface area contributed by atoms with Gasteiger partial charge in [-0.3, -0.25) is 39.4 Å². The van der Waals surface area contributed by atoms with Crippen LogP contribution in [-0.4, -0.2) is 132 Å². The first-order chi connectivity index (χ1) is 33.2. The number of anilines is 2. The van der Waals surface area contributed by atoms with Gasteiger partial charge < -0.3 is 40.7 Å². The number of amides is 5. The van der Waals surface area contributed by atoms with E-state index in [9.17, 15) is 24.0 Å². The van der Waals surface area contributed by atoms with Crippen LogP contribution in [0.15, 0.2) is 47.4 Å². The molecule has 21 nitrogen and oxygen atoms in total. The van der Waals surface area contributed by atoms with E-state index >= 15 is 0 Å². The van der Waals surface area contributed by atoms with Crippen LogP contribution < -0.4 is 32.6 Å². The molecule has 0 radical (unpaired) electrons. The second kappa shape index (κ2) is 22.5. The smallest absolute Gasteiger partial charge is 0.409 e. The Bertz CT molecular complexity index is 2910. The largest absolute Gasteiger partial charge is 0.491 e. The van der Waals surface area contributed by atoms with Crippen LogP contribution in [0, 0.1) is 13.8 Å². The normalized spacial score (nSPS) is 13.2. The fraction of sp³-hybridized carbons (Fsp3) is 0.413.